The van der Waals surface area contributed by atoms with E-state index >= 15 is 0 Å². The summed E-state index contributed by atoms with van der Waals surface area (Å²) in [6.07, 6.45) is 10.1. The minimum Gasteiger partial charge on any atom is -0.353 e. The van der Waals surface area contributed by atoms with E-state index in [1.807, 2.05) is 0 Å². The van der Waals surface area contributed by atoms with E-state index in [2.05, 4.69) is 12.2 Å². The molecule has 17 heavy (non-hydrogen) atoms. The van der Waals surface area contributed by atoms with Crippen molar-refractivity contribution in [1.29, 1.82) is 0 Å². The molecule has 0 heterocycles. The molecule has 0 bridgehead atoms. The van der Waals surface area contributed by atoms with Crippen LogP contribution < -0.4 is 11.1 Å². The van der Waals surface area contributed by atoms with E-state index in [0.29, 0.717) is 18.4 Å². The van der Waals surface area contributed by atoms with Gasteiger partial charge < -0.3 is 11.1 Å². The molecule has 0 spiro atoms. The van der Waals surface area contributed by atoms with Crippen LogP contribution in [0, 0.1) is 5.92 Å². The predicted octanol–water partition coefficient (Wildman–Crippen LogP) is 2.34. The van der Waals surface area contributed by atoms with Crippen LogP contribution in [0.25, 0.3) is 0 Å². The number of nitrogens with one attached hydrogen (secondary N) is 1. The second-order valence-corrected chi connectivity index (χ2v) is 6.15. The molecule has 0 unspecified atom stereocenters. The number of rotatable bonds is 4. The van der Waals surface area contributed by atoms with Crippen LogP contribution in [0.5, 0.6) is 0 Å². The van der Waals surface area contributed by atoms with Gasteiger partial charge in [-0.2, -0.15) is 0 Å². The second-order valence-electron chi connectivity index (χ2n) is 6.15. The zero-order valence-electron chi connectivity index (χ0n) is 11.0. The van der Waals surface area contributed by atoms with Crippen LogP contribution in [-0.4, -0.2) is 17.5 Å². The lowest BCUT2D eigenvalue weighted by Crippen LogP contribution is -2.45. The number of carbonyl (C=O) groups excluding carboxylic acids is 1. The molecule has 1 amide bonds. The molecule has 3 N–H and O–H groups in total. The zero-order valence-corrected chi connectivity index (χ0v) is 11.0. The number of hydrogen-bond donors (Lipinski definition) is 2. The van der Waals surface area contributed by atoms with E-state index in [0.717, 1.165) is 12.8 Å². The first kappa shape index (κ1) is 12.9. The van der Waals surface area contributed by atoms with E-state index in [1.54, 1.807) is 0 Å². The third-order valence-electron chi connectivity index (χ3n) is 4.61. The van der Waals surface area contributed by atoms with E-state index in [-0.39, 0.29) is 11.4 Å². The Morgan fingerprint density at radius 2 is 1.88 bits per heavy atom. The number of amides is 1. The lowest BCUT2D eigenvalue weighted by atomic mass is 9.93. The van der Waals surface area contributed by atoms with E-state index in [4.69, 9.17) is 5.73 Å². The average molecular weight is 238 g/mol. The highest BCUT2D eigenvalue weighted by molar-refractivity contribution is 5.77. The molecule has 0 aromatic rings. The molecule has 2 aliphatic carbocycles. The highest BCUT2D eigenvalue weighted by Gasteiger charge is 2.32. The smallest absolute Gasteiger partial charge is 0.222 e. The summed E-state index contributed by atoms with van der Waals surface area (Å²) in [4.78, 5) is 12.0. The van der Waals surface area contributed by atoms with Gasteiger partial charge in [0.1, 0.15) is 0 Å². The third-order valence-corrected chi connectivity index (χ3v) is 4.61. The summed E-state index contributed by atoms with van der Waals surface area (Å²) in [5.41, 5.74) is 6.02. The van der Waals surface area contributed by atoms with Gasteiger partial charge in [-0.25, -0.2) is 0 Å². The summed E-state index contributed by atoms with van der Waals surface area (Å²) in [5.74, 6) is 0.852. The Morgan fingerprint density at radius 1 is 1.29 bits per heavy atom. The Hall–Kier alpha value is -0.570. The SMILES string of the molecule is C[C@@H](NC(=O)CC1(N)CCCC1)C1CCCC1. The number of nitrogens with two attached hydrogens (primary N) is 1. The van der Waals surface area contributed by atoms with Crippen molar-refractivity contribution >= 4 is 5.91 Å². The molecule has 0 radical (unpaired) electrons. The van der Waals surface area contributed by atoms with Crippen LogP contribution in [0.3, 0.4) is 0 Å². The summed E-state index contributed by atoms with van der Waals surface area (Å²) in [6.45, 7) is 2.14. The fourth-order valence-corrected chi connectivity index (χ4v) is 3.46. The van der Waals surface area contributed by atoms with Crippen LogP contribution in [0.4, 0.5) is 0 Å². The second kappa shape index (κ2) is 5.38. The molecule has 2 aliphatic rings. The Bertz CT molecular complexity index is 265. The standard InChI is InChI=1S/C14H26N2O/c1-11(12-6-2-3-7-12)16-13(17)10-14(15)8-4-5-9-14/h11-12H,2-10,15H2,1H3,(H,16,17)/t11-/m1/s1. The van der Waals surface area contributed by atoms with E-state index in [9.17, 15) is 4.79 Å². The van der Waals surface area contributed by atoms with Crippen LogP contribution in [0.2, 0.25) is 0 Å². The first-order valence-corrected chi connectivity index (χ1v) is 7.17. The summed E-state index contributed by atoms with van der Waals surface area (Å²) in [6, 6.07) is 0.329. The van der Waals surface area contributed by atoms with Crippen LogP contribution >= 0.6 is 0 Å². The largest absolute Gasteiger partial charge is 0.353 e. The fourth-order valence-electron chi connectivity index (χ4n) is 3.46. The van der Waals surface area contributed by atoms with Gasteiger partial charge in [-0.15, -0.1) is 0 Å². The first-order valence-electron chi connectivity index (χ1n) is 7.17. The van der Waals surface area contributed by atoms with Gasteiger partial charge in [-0.3, -0.25) is 4.79 Å². The Kier molecular flexibility index (Phi) is 4.08. The molecular formula is C14H26N2O. The molecule has 1 atom stereocenters. The van der Waals surface area contributed by atoms with Crippen molar-refractivity contribution in [2.75, 3.05) is 0 Å². The first-order chi connectivity index (χ1) is 8.09. The Balaban J connectivity index is 1.76. The van der Waals surface area contributed by atoms with Gasteiger partial charge in [0, 0.05) is 18.0 Å². The summed E-state index contributed by atoms with van der Waals surface area (Å²) in [5, 5.41) is 3.15. The molecule has 0 aromatic carbocycles. The zero-order chi connectivity index (χ0) is 12.3. The van der Waals surface area contributed by atoms with E-state index < -0.39 is 0 Å². The molecular weight excluding hydrogens is 212 g/mol. The maximum absolute atomic E-state index is 12.0. The lowest BCUT2D eigenvalue weighted by Gasteiger charge is -2.26. The van der Waals surface area contributed by atoms with Gasteiger partial charge >= 0.3 is 0 Å². The highest BCUT2D eigenvalue weighted by atomic mass is 16.1. The molecule has 0 saturated heterocycles. The van der Waals surface area contributed by atoms with Crippen molar-refractivity contribution in [3.05, 3.63) is 0 Å². The Morgan fingerprint density at radius 3 is 2.47 bits per heavy atom. The summed E-state index contributed by atoms with van der Waals surface area (Å²) >= 11 is 0. The minimum atomic E-state index is -0.209. The van der Waals surface area contributed by atoms with Crippen LogP contribution in [0.1, 0.15) is 64.7 Å². The monoisotopic (exact) mass is 238 g/mol. The maximum atomic E-state index is 12.0. The topological polar surface area (TPSA) is 55.1 Å². The molecule has 0 aromatic heterocycles. The molecule has 3 heteroatoms. The molecule has 0 aliphatic heterocycles. The highest BCUT2D eigenvalue weighted by Crippen LogP contribution is 2.31. The fraction of sp³-hybridized carbons (Fsp3) is 0.929. The van der Waals surface area contributed by atoms with Crippen LogP contribution in [-0.2, 0) is 4.79 Å². The van der Waals surface area contributed by atoms with Gasteiger partial charge in [0.15, 0.2) is 0 Å². The van der Waals surface area contributed by atoms with Crippen molar-refractivity contribution in [3.8, 4) is 0 Å². The molecule has 2 fully saturated rings. The third kappa shape index (κ3) is 3.44. The van der Waals surface area contributed by atoms with Crippen molar-refractivity contribution < 1.29 is 4.79 Å². The lowest BCUT2D eigenvalue weighted by molar-refractivity contribution is -0.123. The van der Waals surface area contributed by atoms with Gasteiger partial charge in [0.25, 0.3) is 0 Å². The molecule has 3 nitrogen and oxygen atoms in total. The Labute approximate surface area is 105 Å². The van der Waals surface area contributed by atoms with Crippen molar-refractivity contribution in [3.63, 3.8) is 0 Å². The normalized spacial score (nSPS) is 26.0. The van der Waals surface area contributed by atoms with Gasteiger partial charge in [-0.05, 0) is 38.5 Å². The quantitative estimate of drug-likeness (QED) is 0.790. The van der Waals surface area contributed by atoms with Gasteiger partial charge in [-0.1, -0.05) is 25.7 Å². The van der Waals surface area contributed by atoms with Gasteiger partial charge in [0.05, 0.1) is 0 Å². The van der Waals surface area contributed by atoms with Gasteiger partial charge in [0.2, 0.25) is 5.91 Å². The van der Waals surface area contributed by atoms with Crippen LogP contribution in [0.15, 0.2) is 0 Å². The summed E-state index contributed by atoms with van der Waals surface area (Å²) in [7, 11) is 0. The van der Waals surface area contributed by atoms with E-state index in [1.165, 1.54) is 38.5 Å². The molecule has 2 saturated carbocycles. The van der Waals surface area contributed by atoms with Crippen molar-refractivity contribution in [2.45, 2.75) is 76.3 Å². The molecule has 2 rings (SSSR count). The average Bonchev–Trinajstić information content (AvgIpc) is 2.88. The summed E-state index contributed by atoms with van der Waals surface area (Å²) < 4.78 is 0. The van der Waals surface area contributed by atoms with Crippen molar-refractivity contribution in [2.24, 2.45) is 11.7 Å². The number of carbonyl (C=O) groups is 1. The number of hydrogen-bond acceptors (Lipinski definition) is 2. The maximum Gasteiger partial charge on any atom is 0.222 e. The van der Waals surface area contributed by atoms with Crippen molar-refractivity contribution in [1.82, 2.24) is 5.32 Å². The predicted molar refractivity (Wildman–Crippen MR) is 69.6 cm³/mol. The minimum absolute atomic E-state index is 0.161. The molecule has 98 valence electrons.